The minimum atomic E-state index is -0.595. The number of hydrogen-bond donors (Lipinski definition) is 0. The zero-order valence-electron chi connectivity index (χ0n) is 21.8. The van der Waals surface area contributed by atoms with Crippen molar-refractivity contribution in [2.75, 3.05) is 35.5 Å². The zero-order valence-corrected chi connectivity index (χ0v) is 22.8. The van der Waals surface area contributed by atoms with Gasteiger partial charge in [0.2, 0.25) is 0 Å². The number of rotatable bonds is 14. The summed E-state index contributed by atoms with van der Waals surface area (Å²) in [6, 6.07) is 8.51. The first kappa shape index (κ1) is 31.0. The Labute approximate surface area is 220 Å². The van der Waals surface area contributed by atoms with Gasteiger partial charge in [0.1, 0.15) is 34.3 Å². The molecule has 4 atom stereocenters. The Bertz CT molecular complexity index is 901. The molecule has 0 aromatic heterocycles. The molecule has 4 unspecified atom stereocenters. The number of hydrogen-bond acceptors (Lipinski definition) is 9. The van der Waals surface area contributed by atoms with Crippen LogP contribution in [0.4, 0.5) is 0 Å². The third-order valence-corrected chi connectivity index (χ3v) is 6.04. The molecule has 0 aliphatic carbocycles. The summed E-state index contributed by atoms with van der Waals surface area (Å²) < 4.78 is 44.4. The summed E-state index contributed by atoms with van der Waals surface area (Å²) >= 11 is 0. The van der Waals surface area contributed by atoms with Crippen LogP contribution in [0.1, 0.15) is 31.1 Å². The van der Waals surface area contributed by atoms with Crippen molar-refractivity contribution >= 4 is 19.4 Å². The smallest absolute Gasteiger partial charge is 0.496 e. The predicted molar refractivity (Wildman–Crippen MR) is 130 cm³/mol. The van der Waals surface area contributed by atoms with Crippen LogP contribution in [0.3, 0.4) is 0 Å². The van der Waals surface area contributed by atoms with Gasteiger partial charge in [-0.05, 0) is 41.5 Å². The van der Waals surface area contributed by atoms with E-state index in [0.29, 0.717) is 39.6 Å². The molecule has 0 saturated carbocycles. The first-order chi connectivity index (χ1) is 16.3. The van der Waals surface area contributed by atoms with Gasteiger partial charge >= 0.3 is 18.9 Å². The summed E-state index contributed by atoms with van der Waals surface area (Å²) in [4.78, 5) is 13.5. The normalized spacial score (nSPS) is 13.5. The third-order valence-electron chi connectivity index (χ3n) is 4.82. The molecule has 2 aromatic carbocycles. The third kappa shape index (κ3) is 8.57. The first-order valence-corrected chi connectivity index (χ1v) is 11.6. The first-order valence-electron chi connectivity index (χ1n) is 10.6. The van der Waals surface area contributed by atoms with E-state index in [1.54, 1.807) is 51.1 Å². The van der Waals surface area contributed by atoms with Gasteiger partial charge in [-0.25, -0.2) is 0 Å². The summed E-state index contributed by atoms with van der Waals surface area (Å²) in [7, 11) is 7.18. The van der Waals surface area contributed by atoms with Crippen molar-refractivity contribution in [2.24, 2.45) is 0 Å². The van der Waals surface area contributed by atoms with Crippen molar-refractivity contribution in [3.05, 3.63) is 35.9 Å². The van der Waals surface area contributed by atoms with Crippen molar-refractivity contribution < 1.29 is 61.6 Å². The molecular formula is C24H33LiO9P+. The van der Waals surface area contributed by atoms with Crippen LogP contribution in [0.5, 0.6) is 28.7 Å². The maximum absolute atomic E-state index is 13.5. The molecule has 2 rings (SSSR count). The number of ether oxygens (including phenoxy) is 8. The fraction of sp³-hybridized carbons (Fsp3) is 0.458. The molecule has 0 fully saturated rings. The minimum Gasteiger partial charge on any atom is -0.496 e. The Morgan fingerprint density at radius 2 is 1.14 bits per heavy atom. The van der Waals surface area contributed by atoms with E-state index in [1.165, 1.54) is 35.5 Å². The number of benzene rings is 2. The summed E-state index contributed by atoms with van der Waals surface area (Å²) in [5, 5.41) is 0.517. The molecule has 0 N–H and O–H groups in total. The molecule has 0 heterocycles. The van der Waals surface area contributed by atoms with E-state index in [0.717, 1.165) is 0 Å². The maximum Gasteiger partial charge on any atom is 1.00 e. The van der Waals surface area contributed by atoms with Crippen LogP contribution in [0, 0.1) is 0 Å². The van der Waals surface area contributed by atoms with Crippen molar-refractivity contribution in [3.8, 4) is 28.7 Å². The van der Waals surface area contributed by atoms with E-state index in [2.05, 4.69) is 0 Å². The Morgan fingerprint density at radius 3 is 1.54 bits per heavy atom. The van der Waals surface area contributed by atoms with Crippen LogP contribution in [-0.2, 0) is 14.2 Å². The second-order valence-corrected chi connectivity index (χ2v) is 8.25. The van der Waals surface area contributed by atoms with Gasteiger partial charge in [-0.15, -0.1) is 0 Å². The summed E-state index contributed by atoms with van der Waals surface area (Å²) in [6.07, 6.45) is -1.71. The van der Waals surface area contributed by atoms with E-state index in [4.69, 9.17) is 37.9 Å². The van der Waals surface area contributed by atoms with Gasteiger partial charge in [-0.3, -0.25) is 4.79 Å². The summed E-state index contributed by atoms with van der Waals surface area (Å²) in [6.45, 7) is 5.23. The Hall–Kier alpha value is -1.98. The van der Waals surface area contributed by atoms with Gasteiger partial charge in [0, 0.05) is 33.5 Å². The van der Waals surface area contributed by atoms with Crippen LogP contribution < -0.4 is 47.8 Å². The molecule has 0 saturated heterocycles. The average molecular weight is 503 g/mol. The Morgan fingerprint density at radius 1 is 0.714 bits per heavy atom. The van der Waals surface area contributed by atoms with E-state index in [1.807, 2.05) is 0 Å². The number of carbonyl (C=O) groups is 1. The molecule has 11 heteroatoms. The Kier molecular flexibility index (Phi) is 13.5. The van der Waals surface area contributed by atoms with Gasteiger partial charge in [0.15, 0.2) is 24.4 Å². The summed E-state index contributed by atoms with van der Waals surface area (Å²) in [5.41, 5.74) is 0.105. The predicted octanol–water partition coefficient (Wildman–Crippen LogP) is 0.966. The molecule has 188 valence electrons. The van der Waals surface area contributed by atoms with Gasteiger partial charge in [0.25, 0.3) is 0 Å². The van der Waals surface area contributed by atoms with E-state index < -0.39 is 27.5 Å². The minimum absolute atomic E-state index is 0. The SMILES string of the molecule is COc1cccc(OC)c1C(=O)Pc1c(OC(C)OC)cc(OC(C)OC)cc1OC(C)OC.[Li+]. The maximum atomic E-state index is 13.5. The quantitative estimate of drug-likeness (QED) is 0.213. The zero-order chi connectivity index (χ0) is 25.3. The molecule has 0 amide bonds. The van der Waals surface area contributed by atoms with Gasteiger partial charge in [-0.2, -0.15) is 0 Å². The van der Waals surface area contributed by atoms with E-state index >= 15 is 0 Å². The monoisotopic (exact) mass is 503 g/mol. The fourth-order valence-corrected chi connectivity index (χ4v) is 3.99. The van der Waals surface area contributed by atoms with E-state index in [9.17, 15) is 4.79 Å². The number of methoxy groups -OCH3 is 5. The molecule has 9 nitrogen and oxygen atoms in total. The standard InChI is InChI=1S/C24H33O9P.Li/c1-14(26-4)31-17-12-20(32-15(2)27-5)23(21(13-17)33-16(3)28-6)34-24(25)22-18(29-7)10-9-11-19(22)30-8;/h9-16,34H,1-8H3;/q;+1. The van der Waals surface area contributed by atoms with Crippen molar-refractivity contribution in [1.82, 2.24) is 0 Å². The summed E-state index contributed by atoms with van der Waals surface area (Å²) in [5.74, 6) is 1.99. The van der Waals surface area contributed by atoms with Crippen LogP contribution in [0.15, 0.2) is 30.3 Å². The van der Waals surface area contributed by atoms with Crippen LogP contribution >= 0.6 is 8.58 Å². The molecule has 0 spiro atoms. The van der Waals surface area contributed by atoms with Gasteiger partial charge in [0.05, 0.1) is 19.5 Å². The molecule has 0 aliphatic rings. The largest absolute Gasteiger partial charge is 1.00 e. The van der Waals surface area contributed by atoms with Crippen molar-refractivity contribution in [1.29, 1.82) is 0 Å². The van der Waals surface area contributed by atoms with Gasteiger partial charge < -0.3 is 37.9 Å². The fourth-order valence-electron chi connectivity index (χ4n) is 2.89. The van der Waals surface area contributed by atoms with E-state index in [-0.39, 0.29) is 24.4 Å². The van der Waals surface area contributed by atoms with Crippen LogP contribution in [-0.4, -0.2) is 59.9 Å². The second-order valence-electron chi connectivity index (χ2n) is 7.05. The second kappa shape index (κ2) is 15.2. The molecule has 0 aliphatic heterocycles. The molecule has 35 heavy (non-hydrogen) atoms. The van der Waals surface area contributed by atoms with Crippen LogP contribution in [0.2, 0.25) is 0 Å². The number of carbonyl (C=O) groups excluding carboxylic acids is 1. The average Bonchev–Trinajstić information content (AvgIpc) is 2.84. The van der Waals surface area contributed by atoms with Crippen LogP contribution in [0.25, 0.3) is 0 Å². The van der Waals surface area contributed by atoms with Crippen molar-refractivity contribution in [3.63, 3.8) is 0 Å². The molecule has 0 radical (unpaired) electrons. The molecular weight excluding hydrogens is 470 g/mol. The Balaban J connectivity index is 0.00000612. The molecule has 0 bridgehead atoms. The topological polar surface area (TPSA) is 90.9 Å². The van der Waals surface area contributed by atoms with Crippen molar-refractivity contribution in [2.45, 2.75) is 39.6 Å². The molecule has 2 aromatic rings. The van der Waals surface area contributed by atoms with Gasteiger partial charge in [-0.1, -0.05) is 6.07 Å².